The van der Waals surface area contributed by atoms with Crippen molar-refractivity contribution in [1.29, 1.82) is 0 Å². The monoisotopic (exact) mass is 488 g/mol. The van der Waals surface area contributed by atoms with E-state index < -0.39 is 0 Å². The van der Waals surface area contributed by atoms with Gasteiger partial charge in [0.15, 0.2) is 5.69 Å². The van der Waals surface area contributed by atoms with Crippen molar-refractivity contribution in [3.8, 4) is 22.8 Å². The summed E-state index contributed by atoms with van der Waals surface area (Å²) >= 11 is 0. The van der Waals surface area contributed by atoms with Crippen LogP contribution in [0.2, 0.25) is 0 Å². The van der Waals surface area contributed by atoms with Crippen LogP contribution in [0.25, 0.3) is 11.3 Å². The lowest BCUT2D eigenvalue weighted by molar-refractivity contribution is -0.121. The number of carbonyl (C=O) groups excluding carboxylic acids is 2. The molecule has 0 saturated carbocycles. The van der Waals surface area contributed by atoms with Crippen molar-refractivity contribution >= 4 is 11.8 Å². The van der Waals surface area contributed by atoms with Gasteiger partial charge in [0.25, 0.3) is 5.91 Å². The van der Waals surface area contributed by atoms with Crippen molar-refractivity contribution in [2.45, 2.75) is 59.5 Å². The Hall–Kier alpha value is -3.07. The van der Waals surface area contributed by atoms with E-state index >= 15 is 0 Å². The topological polar surface area (TPSA) is 115 Å². The normalized spacial score (nSPS) is 13.0. The Balaban J connectivity index is 2.45. The van der Waals surface area contributed by atoms with Gasteiger partial charge in [0, 0.05) is 19.0 Å². The first kappa shape index (κ1) is 28.2. The summed E-state index contributed by atoms with van der Waals surface area (Å²) in [5.41, 5.74) is 1.69. The van der Waals surface area contributed by atoms with Crippen LogP contribution in [0.1, 0.15) is 64.0 Å². The molecule has 0 aliphatic heterocycles. The molecule has 35 heavy (non-hydrogen) atoms. The number of rotatable bonds is 13. The van der Waals surface area contributed by atoms with E-state index in [1.807, 2.05) is 36.7 Å². The van der Waals surface area contributed by atoms with Crippen LogP contribution in [0.4, 0.5) is 0 Å². The fourth-order valence-electron chi connectivity index (χ4n) is 3.90. The molecular formula is C26H40N4O5. The number of aromatic nitrogens is 2. The van der Waals surface area contributed by atoms with Gasteiger partial charge in [0.2, 0.25) is 5.91 Å². The van der Waals surface area contributed by atoms with Crippen molar-refractivity contribution < 1.29 is 24.2 Å². The highest BCUT2D eigenvalue weighted by Crippen LogP contribution is 2.40. The molecule has 2 amide bonds. The lowest BCUT2D eigenvalue weighted by Gasteiger charge is -2.21. The third kappa shape index (κ3) is 7.45. The predicted octanol–water partition coefficient (Wildman–Crippen LogP) is 3.43. The first-order chi connectivity index (χ1) is 16.6. The molecule has 2 aromatic rings. The van der Waals surface area contributed by atoms with Gasteiger partial charge in [-0.25, -0.2) is 0 Å². The molecule has 194 valence electrons. The fraction of sp³-hybridized carbons (Fsp3) is 0.577. The fourth-order valence-corrected chi connectivity index (χ4v) is 3.90. The van der Waals surface area contributed by atoms with Crippen LogP contribution < -0.4 is 20.1 Å². The highest BCUT2D eigenvalue weighted by atomic mass is 16.5. The Morgan fingerprint density at radius 2 is 1.71 bits per heavy atom. The van der Waals surface area contributed by atoms with Crippen molar-refractivity contribution in [2.24, 2.45) is 11.8 Å². The lowest BCUT2D eigenvalue weighted by Crippen LogP contribution is -2.40. The molecule has 0 spiro atoms. The number of carbonyl (C=O) groups is 2. The molecule has 0 bridgehead atoms. The van der Waals surface area contributed by atoms with Gasteiger partial charge in [0.05, 0.1) is 38.1 Å². The number of nitrogens with zero attached hydrogens (tertiary/aromatic N) is 2. The molecule has 9 nitrogen and oxygen atoms in total. The number of aliphatic hydroxyl groups excluding tert-OH is 1. The van der Waals surface area contributed by atoms with Gasteiger partial charge in [-0.15, -0.1) is 0 Å². The van der Waals surface area contributed by atoms with Gasteiger partial charge < -0.3 is 25.2 Å². The van der Waals surface area contributed by atoms with E-state index in [0.29, 0.717) is 23.6 Å². The average Bonchev–Trinajstić information content (AvgIpc) is 3.26. The maximum Gasteiger partial charge on any atom is 0.272 e. The van der Waals surface area contributed by atoms with Crippen molar-refractivity contribution in [2.75, 3.05) is 27.4 Å². The summed E-state index contributed by atoms with van der Waals surface area (Å²) in [6.07, 6.45) is 0.759. The molecule has 1 aromatic heterocycles. The molecule has 0 saturated heterocycles. The summed E-state index contributed by atoms with van der Waals surface area (Å²) < 4.78 is 13.1. The van der Waals surface area contributed by atoms with E-state index in [1.165, 1.54) is 0 Å². The van der Waals surface area contributed by atoms with E-state index in [1.54, 1.807) is 20.3 Å². The maximum atomic E-state index is 13.3. The molecule has 9 heteroatoms. The number of ether oxygens (including phenoxy) is 2. The van der Waals surface area contributed by atoms with Crippen LogP contribution in [0.15, 0.2) is 24.3 Å². The molecule has 2 atom stereocenters. The molecule has 0 radical (unpaired) electrons. The minimum Gasteiger partial charge on any atom is -0.496 e. The maximum absolute atomic E-state index is 13.3. The Morgan fingerprint density at radius 1 is 1.09 bits per heavy atom. The third-order valence-electron chi connectivity index (χ3n) is 5.96. The van der Waals surface area contributed by atoms with Gasteiger partial charge in [-0.3, -0.25) is 14.3 Å². The Kier molecular flexibility index (Phi) is 10.6. The minimum absolute atomic E-state index is 0.00288. The molecule has 3 N–H and O–H groups in total. The zero-order valence-electron chi connectivity index (χ0n) is 21.9. The second-order valence-corrected chi connectivity index (χ2v) is 9.46. The quantitative estimate of drug-likeness (QED) is 0.398. The van der Waals surface area contributed by atoms with Crippen molar-refractivity contribution in [1.82, 2.24) is 20.4 Å². The van der Waals surface area contributed by atoms with Crippen LogP contribution in [-0.4, -0.2) is 60.1 Å². The van der Waals surface area contributed by atoms with Crippen molar-refractivity contribution in [3.63, 3.8) is 0 Å². The second kappa shape index (κ2) is 13.1. The predicted molar refractivity (Wildman–Crippen MR) is 136 cm³/mol. The smallest absolute Gasteiger partial charge is 0.272 e. The number of methoxy groups -OCH3 is 2. The number of benzene rings is 1. The Morgan fingerprint density at radius 3 is 2.23 bits per heavy atom. The number of aliphatic hydroxyl groups is 1. The zero-order chi connectivity index (χ0) is 26.1. The van der Waals surface area contributed by atoms with Crippen LogP contribution >= 0.6 is 0 Å². The SMILES string of the molecule is COc1cccc(OC)c1-c1cc(C(=O)N[C@H](CC(=O)NCCO)CC(C)C)nn1C(C)C(C)C. The number of hydrogen-bond acceptors (Lipinski definition) is 6. The summed E-state index contributed by atoms with van der Waals surface area (Å²) in [5.74, 6) is 1.20. The molecule has 1 aromatic carbocycles. The molecule has 0 fully saturated rings. The standard InChI is InChI=1S/C26H40N4O5/c1-16(2)13-19(14-24(32)27-11-12-31)28-26(33)20-15-21(30(29-20)18(5)17(3)4)25-22(34-6)9-8-10-23(25)35-7/h8-10,15-19,31H,11-14H2,1-7H3,(H,27,32)(H,28,33)/t18?,19-/m0/s1. The highest BCUT2D eigenvalue weighted by Gasteiger charge is 2.26. The van der Waals surface area contributed by atoms with E-state index in [2.05, 4.69) is 36.5 Å². The van der Waals surface area contributed by atoms with Crippen LogP contribution in [0.3, 0.4) is 0 Å². The van der Waals surface area contributed by atoms with Gasteiger partial charge >= 0.3 is 0 Å². The first-order valence-electron chi connectivity index (χ1n) is 12.1. The third-order valence-corrected chi connectivity index (χ3v) is 5.96. The highest BCUT2D eigenvalue weighted by molar-refractivity contribution is 5.94. The van der Waals surface area contributed by atoms with Crippen molar-refractivity contribution in [3.05, 3.63) is 30.0 Å². The Bertz CT molecular complexity index is 964. The minimum atomic E-state index is -0.363. The summed E-state index contributed by atoms with van der Waals surface area (Å²) in [5, 5.41) is 19.3. The van der Waals surface area contributed by atoms with E-state index in [9.17, 15) is 9.59 Å². The van der Waals surface area contributed by atoms with Gasteiger partial charge in [-0.2, -0.15) is 5.10 Å². The molecule has 1 unspecified atom stereocenters. The summed E-state index contributed by atoms with van der Waals surface area (Å²) in [6, 6.07) is 6.92. The Labute approximate surface area is 208 Å². The molecular weight excluding hydrogens is 448 g/mol. The van der Waals surface area contributed by atoms with Crippen LogP contribution in [0.5, 0.6) is 11.5 Å². The number of nitrogens with one attached hydrogen (secondary N) is 2. The summed E-state index contributed by atoms with van der Waals surface area (Å²) in [4.78, 5) is 25.5. The zero-order valence-corrected chi connectivity index (χ0v) is 21.9. The molecule has 0 aliphatic rings. The molecule has 2 rings (SSSR count). The number of amides is 2. The van der Waals surface area contributed by atoms with Crippen LogP contribution in [-0.2, 0) is 4.79 Å². The second-order valence-electron chi connectivity index (χ2n) is 9.46. The van der Waals surface area contributed by atoms with Crippen LogP contribution in [0, 0.1) is 11.8 Å². The van der Waals surface area contributed by atoms with Gasteiger partial charge in [-0.05, 0) is 43.4 Å². The van der Waals surface area contributed by atoms with Gasteiger partial charge in [0.1, 0.15) is 11.5 Å². The van der Waals surface area contributed by atoms with E-state index in [-0.39, 0.29) is 61.0 Å². The molecule has 1 heterocycles. The van der Waals surface area contributed by atoms with E-state index in [0.717, 1.165) is 5.56 Å². The largest absolute Gasteiger partial charge is 0.496 e. The summed E-state index contributed by atoms with van der Waals surface area (Å²) in [7, 11) is 3.19. The first-order valence-corrected chi connectivity index (χ1v) is 12.1. The van der Waals surface area contributed by atoms with Gasteiger partial charge in [-0.1, -0.05) is 33.8 Å². The summed E-state index contributed by atoms with van der Waals surface area (Å²) in [6.45, 7) is 10.4. The molecule has 0 aliphatic carbocycles. The average molecular weight is 489 g/mol. The number of hydrogen-bond donors (Lipinski definition) is 3. The lowest BCUT2D eigenvalue weighted by atomic mass is 10.0. The van der Waals surface area contributed by atoms with E-state index in [4.69, 9.17) is 14.6 Å².